The van der Waals surface area contributed by atoms with Gasteiger partial charge in [0.1, 0.15) is 23.4 Å². The lowest BCUT2D eigenvalue weighted by Gasteiger charge is -2.38. The van der Waals surface area contributed by atoms with Crippen molar-refractivity contribution in [1.29, 1.82) is 0 Å². The smallest absolute Gasteiger partial charge is 0.309 e. The molecule has 0 spiro atoms. The molecular formula is C18H23N3O4. The van der Waals surface area contributed by atoms with Crippen molar-refractivity contribution >= 4 is 11.9 Å². The van der Waals surface area contributed by atoms with Crippen LogP contribution in [0.3, 0.4) is 0 Å². The molecule has 25 heavy (non-hydrogen) atoms. The molecule has 0 saturated carbocycles. The van der Waals surface area contributed by atoms with Gasteiger partial charge in [-0.3, -0.25) is 9.59 Å². The third kappa shape index (κ3) is 3.60. The number of hydrogen-bond acceptors (Lipinski definition) is 4. The summed E-state index contributed by atoms with van der Waals surface area (Å²) in [7, 11) is 0. The predicted molar refractivity (Wildman–Crippen MR) is 89.8 cm³/mol. The van der Waals surface area contributed by atoms with Crippen LogP contribution in [0.5, 0.6) is 0 Å². The number of likely N-dealkylation sites (tertiary alicyclic amines) is 1. The number of hydrogen-bond donors (Lipinski definition) is 1. The summed E-state index contributed by atoms with van der Waals surface area (Å²) in [6.45, 7) is 4.97. The first kappa shape index (κ1) is 17.3. The van der Waals surface area contributed by atoms with E-state index in [-0.39, 0.29) is 12.3 Å². The van der Waals surface area contributed by atoms with Gasteiger partial charge in [-0.25, -0.2) is 4.98 Å². The summed E-state index contributed by atoms with van der Waals surface area (Å²) in [4.78, 5) is 30.1. The average molecular weight is 345 g/mol. The molecule has 1 amide bonds. The number of carboxylic acids is 1. The summed E-state index contributed by atoms with van der Waals surface area (Å²) < 4.78 is 7.70. The van der Waals surface area contributed by atoms with Crippen LogP contribution in [0.25, 0.3) is 0 Å². The van der Waals surface area contributed by atoms with Crippen LogP contribution in [0.15, 0.2) is 28.9 Å². The highest BCUT2D eigenvalue weighted by Crippen LogP contribution is 2.37. The molecule has 1 aliphatic rings. The summed E-state index contributed by atoms with van der Waals surface area (Å²) in [6.07, 6.45) is 4.98. The number of nitrogens with zero attached hydrogens (tertiary/aromatic N) is 3. The Morgan fingerprint density at radius 1 is 1.36 bits per heavy atom. The summed E-state index contributed by atoms with van der Waals surface area (Å²) in [5, 5.41) is 9.60. The number of aliphatic carboxylic acids is 1. The van der Waals surface area contributed by atoms with Crippen molar-refractivity contribution in [1.82, 2.24) is 14.5 Å². The Hall–Kier alpha value is -2.57. The van der Waals surface area contributed by atoms with Crippen molar-refractivity contribution in [3.63, 3.8) is 0 Å². The second-order valence-electron chi connectivity index (χ2n) is 6.49. The number of carbonyl (C=O) groups is 2. The topological polar surface area (TPSA) is 88.6 Å². The number of piperidine rings is 1. The van der Waals surface area contributed by atoms with Gasteiger partial charge >= 0.3 is 5.97 Å². The van der Waals surface area contributed by atoms with Crippen LogP contribution >= 0.6 is 0 Å². The number of furan rings is 1. The molecule has 134 valence electrons. The van der Waals surface area contributed by atoms with Crippen molar-refractivity contribution in [2.75, 3.05) is 6.54 Å². The maximum absolute atomic E-state index is 12.5. The standard InChI is InChI=1S/C18H23N3O4/c1-12-4-6-15(25-12)17-14(18(23)24)5-7-16(22)21(17)10-3-9-20-11-8-19-13(20)2/h4,6,8,11,14,17H,3,5,7,9-10H2,1-2H3,(H,23,24). The lowest BCUT2D eigenvalue weighted by Crippen LogP contribution is -2.45. The Morgan fingerprint density at radius 3 is 2.76 bits per heavy atom. The largest absolute Gasteiger partial charge is 0.481 e. The molecule has 1 aliphatic heterocycles. The van der Waals surface area contributed by atoms with E-state index in [1.807, 2.05) is 24.6 Å². The van der Waals surface area contributed by atoms with E-state index in [9.17, 15) is 14.7 Å². The SMILES string of the molecule is Cc1ccc(C2C(C(=O)O)CCC(=O)N2CCCn2ccnc2C)o1. The molecule has 0 aromatic carbocycles. The number of amides is 1. The Bertz CT molecular complexity index is 764. The summed E-state index contributed by atoms with van der Waals surface area (Å²) in [5.41, 5.74) is 0. The molecule has 2 aromatic heterocycles. The van der Waals surface area contributed by atoms with Gasteiger partial charge in [-0.2, -0.15) is 0 Å². The first-order valence-corrected chi connectivity index (χ1v) is 8.53. The molecule has 1 fully saturated rings. The van der Waals surface area contributed by atoms with Gasteiger partial charge in [0.2, 0.25) is 5.91 Å². The molecule has 0 bridgehead atoms. The number of carbonyl (C=O) groups excluding carboxylic acids is 1. The molecular weight excluding hydrogens is 322 g/mol. The molecule has 0 radical (unpaired) electrons. The zero-order valence-corrected chi connectivity index (χ0v) is 14.5. The van der Waals surface area contributed by atoms with E-state index in [0.717, 1.165) is 18.8 Å². The van der Waals surface area contributed by atoms with Gasteiger partial charge in [-0.1, -0.05) is 0 Å². The van der Waals surface area contributed by atoms with Crippen molar-refractivity contribution in [2.45, 2.75) is 45.7 Å². The molecule has 3 heterocycles. The zero-order valence-electron chi connectivity index (χ0n) is 14.5. The maximum Gasteiger partial charge on any atom is 0.309 e. The van der Waals surface area contributed by atoms with E-state index in [1.54, 1.807) is 23.2 Å². The third-order valence-corrected chi connectivity index (χ3v) is 4.80. The molecule has 7 heteroatoms. The molecule has 2 unspecified atom stereocenters. The van der Waals surface area contributed by atoms with Gasteiger partial charge in [0.15, 0.2) is 0 Å². The van der Waals surface area contributed by atoms with Crippen molar-refractivity contribution in [3.8, 4) is 0 Å². The van der Waals surface area contributed by atoms with Crippen LogP contribution in [0, 0.1) is 19.8 Å². The fourth-order valence-electron chi connectivity index (χ4n) is 3.49. The van der Waals surface area contributed by atoms with Gasteiger partial charge in [0.25, 0.3) is 0 Å². The molecule has 3 rings (SSSR count). The monoisotopic (exact) mass is 345 g/mol. The van der Waals surface area contributed by atoms with E-state index >= 15 is 0 Å². The second-order valence-corrected chi connectivity index (χ2v) is 6.49. The van der Waals surface area contributed by atoms with Gasteiger partial charge in [0, 0.05) is 31.9 Å². The fourth-order valence-corrected chi connectivity index (χ4v) is 3.49. The number of aromatic nitrogens is 2. The molecule has 2 atom stereocenters. The Labute approximate surface area is 146 Å². The average Bonchev–Trinajstić information content (AvgIpc) is 3.17. The van der Waals surface area contributed by atoms with Gasteiger partial charge in [0.05, 0.1) is 5.92 Å². The van der Waals surface area contributed by atoms with E-state index in [4.69, 9.17) is 4.42 Å². The van der Waals surface area contributed by atoms with Crippen LogP contribution in [-0.2, 0) is 16.1 Å². The first-order chi connectivity index (χ1) is 12.0. The minimum Gasteiger partial charge on any atom is -0.481 e. The lowest BCUT2D eigenvalue weighted by molar-refractivity contribution is -0.152. The first-order valence-electron chi connectivity index (χ1n) is 8.53. The molecule has 0 aliphatic carbocycles. The Balaban J connectivity index is 1.78. The molecule has 2 aromatic rings. The number of imidazole rings is 1. The number of aryl methyl sites for hydroxylation is 3. The van der Waals surface area contributed by atoms with Crippen molar-refractivity contribution in [2.24, 2.45) is 5.92 Å². The minimum atomic E-state index is -0.887. The normalized spacial score (nSPS) is 20.9. The second kappa shape index (κ2) is 7.13. The van der Waals surface area contributed by atoms with Crippen LogP contribution in [0.1, 0.15) is 42.6 Å². The highest BCUT2D eigenvalue weighted by Gasteiger charge is 2.42. The van der Waals surface area contributed by atoms with E-state index in [0.29, 0.717) is 24.5 Å². The van der Waals surface area contributed by atoms with Crippen LogP contribution in [-0.4, -0.2) is 38.0 Å². The molecule has 1 N–H and O–H groups in total. The third-order valence-electron chi connectivity index (χ3n) is 4.80. The van der Waals surface area contributed by atoms with E-state index < -0.39 is 17.9 Å². The summed E-state index contributed by atoms with van der Waals surface area (Å²) in [5.74, 6) is 0.647. The zero-order chi connectivity index (χ0) is 18.0. The minimum absolute atomic E-state index is 0.0149. The molecule has 7 nitrogen and oxygen atoms in total. The van der Waals surface area contributed by atoms with Crippen LogP contribution < -0.4 is 0 Å². The highest BCUT2D eigenvalue weighted by molar-refractivity contribution is 5.81. The number of rotatable bonds is 6. The lowest BCUT2D eigenvalue weighted by atomic mass is 9.87. The van der Waals surface area contributed by atoms with Crippen LogP contribution in [0.4, 0.5) is 0 Å². The van der Waals surface area contributed by atoms with E-state index in [2.05, 4.69) is 4.98 Å². The quantitative estimate of drug-likeness (QED) is 0.869. The fraction of sp³-hybridized carbons (Fsp3) is 0.500. The Kier molecular flexibility index (Phi) is 4.92. The van der Waals surface area contributed by atoms with Crippen molar-refractivity contribution < 1.29 is 19.1 Å². The summed E-state index contributed by atoms with van der Waals surface area (Å²) in [6, 6.07) is 3.04. The Morgan fingerprint density at radius 2 is 2.16 bits per heavy atom. The van der Waals surface area contributed by atoms with Gasteiger partial charge in [-0.15, -0.1) is 0 Å². The van der Waals surface area contributed by atoms with Gasteiger partial charge in [-0.05, 0) is 38.8 Å². The maximum atomic E-state index is 12.5. The van der Waals surface area contributed by atoms with Gasteiger partial charge < -0.3 is 19.0 Å². The predicted octanol–water partition coefficient (Wildman–Crippen LogP) is 2.55. The van der Waals surface area contributed by atoms with Crippen molar-refractivity contribution in [3.05, 3.63) is 41.9 Å². The summed E-state index contributed by atoms with van der Waals surface area (Å²) >= 11 is 0. The highest BCUT2D eigenvalue weighted by atomic mass is 16.4. The van der Waals surface area contributed by atoms with Crippen LogP contribution in [0.2, 0.25) is 0 Å². The van der Waals surface area contributed by atoms with E-state index in [1.165, 1.54) is 0 Å². The molecule has 1 saturated heterocycles. The number of carboxylic acid groups (broad SMARTS) is 1.